The molecule has 0 spiro atoms. The lowest BCUT2D eigenvalue weighted by molar-refractivity contribution is 0.309. The zero-order valence-electron chi connectivity index (χ0n) is 13.3. The molecule has 3 heterocycles. The van der Waals surface area contributed by atoms with E-state index in [1.54, 1.807) is 18.5 Å². The van der Waals surface area contributed by atoms with Crippen molar-refractivity contribution in [3.05, 3.63) is 70.3 Å². The number of benzene rings is 1. The monoisotopic (exact) mass is 386 g/mol. The molecule has 5 nitrogen and oxygen atoms in total. The Kier molecular flexibility index (Phi) is 4.64. The summed E-state index contributed by atoms with van der Waals surface area (Å²) in [6.07, 6.45) is 4.88. The lowest BCUT2D eigenvalue weighted by Gasteiger charge is -2.05. The molecule has 0 saturated heterocycles. The lowest BCUT2D eigenvalue weighted by Crippen LogP contribution is -1.92. The fourth-order valence-corrected chi connectivity index (χ4v) is 3.26. The van der Waals surface area contributed by atoms with E-state index in [1.165, 1.54) is 23.6 Å². The molecule has 1 aromatic carbocycles. The number of aromatic amines is 1. The van der Waals surface area contributed by atoms with Gasteiger partial charge in [-0.1, -0.05) is 11.6 Å². The zero-order chi connectivity index (χ0) is 17.9. The van der Waals surface area contributed by atoms with Gasteiger partial charge in [-0.2, -0.15) is 4.39 Å². The Morgan fingerprint density at radius 1 is 0.962 bits per heavy atom. The SMILES string of the molecule is Fc1ccc(-c2ncc(-c3ccc(OCc4cnc(Cl)s4)cc3)[nH]2)cn1. The minimum atomic E-state index is -0.517. The van der Waals surface area contributed by atoms with Crippen LogP contribution in [0.3, 0.4) is 0 Å². The van der Waals surface area contributed by atoms with Gasteiger partial charge in [0.25, 0.3) is 0 Å². The second-order valence-corrected chi connectivity index (χ2v) is 7.10. The first kappa shape index (κ1) is 16.7. The van der Waals surface area contributed by atoms with E-state index in [0.29, 0.717) is 16.9 Å². The summed E-state index contributed by atoms with van der Waals surface area (Å²) in [5.41, 5.74) is 2.54. The van der Waals surface area contributed by atoms with Crippen LogP contribution in [-0.4, -0.2) is 19.9 Å². The summed E-state index contributed by atoms with van der Waals surface area (Å²) in [6, 6.07) is 10.6. The Balaban J connectivity index is 1.46. The first-order chi connectivity index (χ1) is 12.7. The number of H-pyrrole nitrogens is 1. The van der Waals surface area contributed by atoms with Gasteiger partial charge in [-0.15, -0.1) is 11.3 Å². The summed E-state index contributed by atoms with van der Waals surface area (Å²) < 4.78 is 19.1. The van der Waals surface area contributed by atoms with Gasteiger partial charge in [0.15, 0.2) is 4.47 Å². The Morgan fingerprint density at radius 2 is 1.77 bits per heavy atom. The summed E-state index contributed by atoms with van der Waals surface area (Å²) >= 11 is 7.20. The number of ether oxygens (including phenoxy) is 1. The van der Waals surface area contributed by atoms with Crippen LogP contribution in [0.2, 0.25) is 4.47 Å². The third kappa shape index (κ3) is 3.74. The number of nitrogens with one attached hydrogen (secondary N) is 1. The van der Waals surface area contributed by atoms with Crippen LogP contribution in [0.4, 0.5) is 4.39 Å². The molecule has 0 aliphatic carbocycles. The van der Waals surface area contributed by atoms with Gasteiger partial charge in [-0.3, -0.25) is 0 Å². The summed E-state index contributed by atoms with van der Waals surface area (Å²) in [5, 5.41) is 0. The van der Waals surface area contributed by atoms with Gasteiger partial charge in [0.2, 0.25) is 5.95 Å². The third-order valence-electron chi connectivity index (χ3n) is 3.65. The van der Waals surface area contributed by atoms with Gasteiger partial charge >= 0.3 is 0 Å². The zero-order valence-corrected chi connectivity index (χ0v) is 14.9. The van der Waals surface area contributed by atoms with Crippen LogP contribution in [-0.2, 0) is 6.61 Å². The molecule has 26 heavy (non-hydrogen) atoms. The van der Waals surface area contributed by atoms with Crippen molar-refractivity contribution in [2.24, 2.45) is 0 Å². The molecule has 1 N–H and O–H groups in total. The number of hydrogen-bond acceptors (Lipinski definition) is 5. The van der Waals surface area contributed by atoms with Crippen molar-refractivity contribution < 1.29 is 9.13 Å². The second-order valence-electron chi connectivity index (χ2n) is 5.41. The maximum absolute atomic E-state index is 12.9. The first-order valence-electron chi connectivity index (χ1n) is 7.68. The standard InChI is InChI=1S/C18H12ClFN4OS/c19-18-23-8-14(26-18)10-25-13-4-1-11(2-5-13)15-9-22-17(24-15)12-3-6-16(20)21-7-12/h1-9H,10H2,(H,22,24). The summed E-state index contributed by atoms with van der Waals surface area (Å²) in [6.45, 7) is 0.426. The molecule has 8 heteroatoms. The minimum Gasteiger partial charge on any atom is -0.488 e. The van der Waals surface area contributed by atoms with E-state index in [9.17, 15) is 4.39 Å². The van der Waals surface area contributed by atoms with Crippen LogP contribution in [0.5, 0.6) is 5.75 Å². The molecule has 0 fully saturated rings. The van der Waals surface area contributed by atoms with Gasteiger partial charge in [0.1, 0.15) is 18.2 Å². The molecule has 0 unspecified atom stereocenters. The summed E-state index contributed by atoms with van der Waals surface area (Å²) in [7, 11) is 0. The van der Waals surface area contributed by atoms with Crippen LogP contribution in [0, 0.1) is 5.95 Å². The van der Waals surface area contributed by atoms with Crippen molar-refractivity contribution in [2.75, 3.05) is 0 Å². The number of nitrogens with zero attached hydrogens (tertiary/aromatic N) is 3. The number of pyridine rings is 1. The molecular formula is C18H12ClFN4OS. The highest BCUT2D eigenvalue weighted by Crippen LogP contribution is 2.25. The normalized spacial score (nSPS) is 10.8. The molecule has 0 bridgehead atoms. The summed E-state index contributed by atoms with van der Waals surface area (Å²) in [5.74, 6) is 0.868. The van der Waals surface area contributed by atoms with E-state index in [0.717, 1.165) is 27.4 Å². The molecule has 4 aromatic rings. The Morgan fingerprint density at radius 3 is 2.46 bits per heavy atom. The van der Waals surface area contributed by atoms with Crippen molar-refractivity contribution in [1.29, 1.82) is 0 Å². The van der Waals surface area contributed by atoms with Crippen molar-refractivity contribution >= 4 is 22.9 Å². The van der Waals surface area contributed by atoms with Crippen molar-refractivity contribution in [1.82, 2.24) is 19.9 Å². The fourth-order valence-electron chi connectivity index (χ4n) is 2.37. The van der Waals surface area contributed by atoms with Crippen LogP contribution in [0.15, 0.2) is 55.0 Å². The summed E-state index contributed by atoms with van der Waals surface area (Å²) in [4.78, 5) is 16.1. The Bertz CT molecular complexity index is 1010. The number of hydrogen-bond donors (Lipinski definition) is 1. The molecule has 0 aliphatic heterocycles. The van der Waals surface area contributed by atoms with E-state index in [4.69, 9.17) is 16.3 Å². The molecule has 0 radical (unpaired) electrons. The van der Waals surface area contributed by atoms with Crippen LogP contribution in [0.1, 0.15) is 4.88 Å². The van der Waals surface area contributed by atoms with Crippen LogP contribution >= 0.6 is 22.9 Å². The molecule has 0 amide bonds. The van der Waals surface area contributed by atoms with E-state index in [-0.39, 0.29) is 0 Å². The topological polar surface area (TPSA) is 63.7 Å². The molecule has 3 aromatic heterocycles. The van der Waals surface area contributed by atoms with Gasteiger partial charge < -0.3 is 9.72 Å². The quantitative estimate of drug-likeness (QED) is 0.492. The van der Waals surface area contributed by atoms with Gasteiger partial charge in [0.05, 0.1) is 16.8 Å². The average Bonchev–Trinajstić information content (AvgIpc) is 3.30. The maximum atomic E-state index is 12.9. The molecule has 0 saturated carbocycles. The third-order valence-corrected chi connectivity index (χ3v) is 4.74. The van der Waals surface area contributed by atoms with E-state index in [1.807, 2.05) is 24.3 Å². The Labute approximate surface area is 157 Å². The number of aromatic nitrogens is 4. The largest absolute Gasteiger partial charge is 0.488 e. The van der Waals surface area contributed by atoms with Crippen molar-refractivity contribution in [3.8, 4) is 28.4 Å². The maximum Gasteiger partial charge on any atom is 0.212 e. The minimum absolute atomic E-state index is 0.426. The Hall–Kier alpha value is -2.77. The highest BCUT2D eigenvalue weighted by atomic mass is 35.5. The fraction of sp³-hybridized carbons (Fsp3) is 0.0556. The van der Waals surface area contributed by atoms with E-state index < -0.39 is 5.95 Å². The average molecular weight is 387 g/mol. The highest BCUT2D eigenvalue weighted by Gasteiger charge is 2.07. The lowest BCUT2D eigenvalue weighted by atomic mass is 10.1. The number of imidazole rings is 1. The molecule has 4 rings (SSSR count). The van der Waals surface area contributed by atoms with E-state index >= 15 is 0 Å². The van der Waals surface area contributed by atoms with Crippen LogP contribution < -0.4 is 4.74 Å². The molecular weight excluding hydrogens is 375 g/mol. The number of rotatable bonds is 5. The van der Waals surface area contributed by atoms with Gasteiger partial charge in [0, 0.05) is 18.0 Å². The predicted octanol–water partition coefficient (Wildman–Crippen LogP) is 4.97. The molecule has 0 atom stereocenters. The number of thiazole rings is 1. The molecule has 0 aliphatic rings. The van der Waals surface area contributed by atoms with Crippen molar-refractivity contribution in [3.63, 3.8) is 0 Å². The van der Waals surface area contributed by atoms with E-state index in [2.05, 4.69) is 19.9 Å². The van der Waals surface area contributed by atoms with Gasteiger partial charge in [-0.05, 0) is 42.0 Å². The smallest absolute Gasteiger partial charge is 0.212 e. The predicted molar refractivity (Wildman–Crippen MR) is 98.7 cm³/mol. The molecule has 130 valence electrons. The number of halogens is 2. The second kappa shape index (κ2) is 7.23. The van der Waals surface area contributed by atoms with Crippen LogP contribution in [0.25, 0.3) is 22.6 Å². The van der Waals surface area contributed by atoms with Gasteiger partial charge in [-0.25, -0.2) is 15.0 Å². The first-order valence-corrected chi connectivity index (χ1v) is 8.87. The van der Waals surface area contributed by atoms with Crippen molar-refractivity contribution in [2.45, 2.75) is 6.61 Å². The highest BCUT2D eigenvalue weighted by molar-refractivity contribution is 7.15.